The Hall–Kier alpha value is -1.36. The van der Waals surface area contributed by atoms with Crippen LogP contribution in [0.2, 0.25) is 0 Å². The van der Waals surface area contributed by atoms with E-state index < -0.39 is 0 Å². The van der Waals surface area contributed by atoms with Crippen molar-refractivity contribution in [2.45, 2.75) is 52.0 Å². The number of aliphatic hydroxyl groups excluding tert-OH is 1. The Kier molecular flexibility index (Phi) is 3.78. The van der Waals surface area contributed by atoms with Crippen LogP contribution in [-0.4, -0.2) is 33.9 Å². The smallest absolute Gasteiger partial charge is 0.254 e. The number of amides is 1. The lowest BCUT2D eigenvalue weighted by Crippen LogP contribution is -2.32. The Bertz CT molecular complexity index is 528. The number of rotatable bonds is 7. The van der Waals surface area contributed by atoms with Gasteiger partial charge < -0.3 is 10.4 Å². The molecule has 0 unspecified atom stereocenters. The van der Waals surface area contributed by atoms with E-state index in [1.54, 1.807) is 6.20 Å². The molecule has 21 heavy (non-hydrogen) atoms. The third-order valence-electron chi connectivity index (χ3n) is 4.54. The molecule has 1 heterocycles. The fourth-order valence-electron chi connectivity index (χ4n) is 2.78. The van der Waals surface area contributed by atoms with Crippen LogP contribution in [0.15, 0.2) is 6.20 Å². The minimum atomic E-state index is -0.0523. The van der Waals surface area contributed by atoms with Gasteiger partial charge in [0, 0.05) is 24.4 Å². The van der Waals surface area contributed by atoms with Crippen LogP contribution in [-0.2, 0) is 6.54 Å². The monoisotopic (exact) mass is 291 g/mol. The normalized spacial score (nSPS) is 19.8. The second-order valence-corrected chi connectivity index (χ2v) is 7.13. The summed E-state index contributed by atoms with van der Waals surface area (Å²) < 4.78 is 2.01. The third-order valence-corrected chi connectivity index (χ3v) is 4.54. The first-order valence-corrected chi connectivity index (χ1v) is 7.99. The van der Waals surface area contributed by atoms with Gasteiger partial charge in [-0.2, -0.15) is 5.10 Å². The lowest BCUT2D eigenvalue weighted by atomic mass is 10.1. The van der Waals surface area contributed by atoms with Gasteiger partial charge >= 0.3 is 0 Å². The molecule has 0 radical (unpaired) electrons. The molecule has 0 atom stereocenters. The van der Waals surface area contributed by atoms with Crippen molar-refractivity contribution in [2.24, 2.45) is 11.3 Å². The van der Waals surface area contributed by atoms with E-state index >= 15 is 0 Å². The van der Waals surface area contributed by atoms with Gasteiger partial charge in [-0.05, 0) is 31.6 Å². The van der Waals surface area contributed by atoms with Crippen LogP contribution < -0.4 is 5.32 Å². The van der Waals surface area contributed by atoms with Gasteiger partial charge in [0.1, 0.15) is 0 Å². The molecule has 0 aliphatic heterocycles. The zero-order valence-corrected chi connectivity index (χ0v) is 12.9. The maximum absolute atomic E-state index is 12.4. The SMILES string of the molecule is CC(C)Cn1ncc(C(=O)NCC2(CO)CC2)c1C1CC1. The maximum Gasteiger partial charge on any atom is 0.254 e. The molecular weight excluding hydrogens is 266 g/mol. The van der Waals surface area contributed by atoms with Crippen molar-refractivity contribution < 1.29 is 9.90 Å². The van der Waals surface area contributed by atoms with Gasteiger partial charge in [0.2, 0.25) is 0 Å². The topological polar surface area (TPSA) is 67.2 Å². The third kappa shape index (κ3) is 3.12. The summed E-state index contributed by atoms with van der Waals surface area (Å²) >= 11 is 0. The highest BCUT2D eigenvalue weighted by molar-refractivity contribution is 5.95. The highest BCUT2D eigenvalue weighted by Gasteiger charge is 2.42. The fraction of sp³-hybridized carbons (Fsp3) is 0.750. The summed E-state index contributed by atoms with van der Waals surface area (Å²) in [5.74, 6) is 0.980. The second-order valence-electron chi connectivity index (χ2n) is 7.13. The van der Waals surface area contributed by atoms with E-state index in [4.69, 9.17) is 0 Å². The number of nitrogens with one attached hydrogen (secondary N) is 1. The average molecular weight is 291 g/mol. The number of hydrogen-bond acceptors (Lipinski definition) is 3. The zero-order chi connectivity index (χ0) is 15.0. The van der Waals surface area contributed by atoms with E-state index in [9.17, 15) is 9.90 Å². The van der Waals surface area contributed by atoms with Gasteiger partial charge in [-0.3, -0.25) is 9.48 Å². The molecule has 1 aromatic heterocycles. The second kappa shape index (κ2) is 5.44. The molecule has 5 nitrogen and oxygen atoms in total. The lowest BCUT2D eigenvalue weighted by molar-refractivity contribution is 0.0934. The van der Waals surface area contributed by atoms with Crippen molar-refractivity contribution in [3.05, 3.63) is 17.5 Å². The molecule has 2 saturated carbocycles. The Balaban J connectivity index is 1.71. The summed E-state index contributed by atoms with van der Waals surface area (Å²) in [6.07, 6.45) is 6.04. The van der Waals surface area contributed by atoms with Gasteiger partial charge in [0.15, 0.2) is 0 Å². The van der Waals surface area contributed by atoms with Crippen LogP contribution in [0, 0.1) is 11.3 Å². The molecular formula is C16H25N3O2. The molecule has 2 fully saturated rings. The van der Waals surface area contributed by atoms with Crippen molar-refractivity contribution >= 4 is 5.91 Å². The molecule has 0 bridgehead atoms. The first kappa shape index (κ1) is 14.6. The molecule has 0 saturated heterocycles. The summed E-state index contributed by atoms with van der Waals surface area (Å²) in [6, 6.07) is 0. The number of carbonyl (C=O) groups is 1. The summed E-state index contributed by atoms with van der Waals surface area (Å²) in [7, 11) is 0. The molecule has 5 heteroatoms. The molecule has 116 valence electrons. The summed E-state index contributed by atoms with van der Waals surface area (Å²) in [4.78, 5) is 12.4. The van der Waals surface area contributed by atoms with Gasteiger partial charge in [-0.15, -0.1) is 0 Å². The molecule has 2 N–H and O–H groups in total. The molecule has 0 spiro atoms. The first-order valence-electron chi connectivity index (χ1n) is 7.99. The molecule has 0 aromatic carbocycles. The van der Waals surface area contributed by atoms with Crippen molar-refractivity contribution in [3.8, 4) is 0 Å². The summed E-state index contributed by atoms with van der Waals surface area (Å²) in [5, 5.41) is 16.7. The Labute approximate surface area is 125 Å². The van der Waals surface area contributed by atoms with Crippen molar-refractivity contribution in [1.82, 2.24) is 15.1 Å². The van der Waals surface area contributed by atoms with Crippen LogP contribution >= 0.6 is 0 Å². The van der Waals surface area contributed by atoms with E-state index in [-0.39, 0.29) is 17.9 Å². The maximum atomic E-state index is 12.4. The molecule has 2 aliphatic carbocycles. The van der Waals surface area contributed by atoms with Crippen LogP contribution in [0.5, 0.6) is 0 Å². The van der Waals surface area contributed by atoms with Gasteiger partial charge in [0.25, 0.3) is 5.91 Å². The van der Waals surface area contributed by atoms with E-state index in [1.165, 1.54) is 0 Å². The Morgan fingerprint density at radius 1 is 1.52 bits per heavy atom. The van der Waals surface area contributed by atoms with Crippen LogP contribution in [0.3, 0.4) is 0 Å². The zero-order valence-electron chi connectivity index (χ0n) is 12.9. The van der Waals surface area contributed by atoms with Gasteiger partial charge in [-0.25, -0.2) is 0 Å². The molecule has 1 aromatic rings. The summed E-state index contributed by atoms with van der Waals surface area (Å²) in [6.45, 7) is 5.92. The van der Waals surface area contributed by atoms with E-state index in [2.05, 4.69) is 24.3 Å². The predicted molar refractivity (Wildman–Crippen MR) is 80.1 cm³/mol. The van der Waals surface area contributed by atoms with Crippen LogP contribution in [0.25, 0.3) is 0 Å². The minimum Gasteiger partial charge on any atom is -0.396 e. The van der Waals surface area contributed by atoms with E-state index in [0.29, 0.717) is 18.4 Å². The fourth-order valence-corrected chi connectivity index (χ4v) is 2.78. The van der Waals surface area contributed by atoms with Crippen LogP contribution in [0.1, 0.15) is 61.5 Å². The van der Waals surface area contributed by atoms with Crippen LogP contribution in [0.4, 0.5) is 0 Å². The predicted octanol–water partition coefficient (Wildman–Crippen LogP) is 1.92. The highest BCUT2D eigenvalue weighted by atomic mass is 16.3. The number of carbonyl (C=O) groups excluding carboxylic acids is 1. The lowest BCUT2D eigenvalue weighted by Gasteiger charge is -2.14. The quantitative estimate of drug-likeness (QED) is 0.806. The van der Waals surface area contributed by atoms with E-state index in [1.807, 2.05) is 4.68 Å². The Morgan fingerprint density at radius 2 is 2.24 bits per heavy atom. The minimum absolute atomic E-state index is 0.0355. The summed E-state index contributed by atoms with van der Waals surface area (Å²) in [5.41, 5.74) is 1.78. The van der Waals surface area contributed by atoms with Crippen molar-refractivity contribution in [2.75, 3.05) is 13.2 Å². The number of aliphatic hydroxyl groups is 1. The number of hydrogen-bond donors (Lipinski definition) is 2. The molecule has 2 aliphatic rings. The molecule has 3 rings (SSSR count). The standard InChI is InChI=1S/C16H25N3O2/c1-11(2)8-19-14(12-3-4-12)13(7-18-19)15(21)17-9-16(10-20)5-6-16/h7,11-12,20H,3-6,8-10H2,1-2H3,(H,17,21). The van der Waals surface area contributed by atoms with E-state index in [0.717, 1.165) is 43.5 Å². The van der Waals surface area contributed by atoms with Gasteiger partial charge in [-0.1, -0.05) is 13.8 Å². The molecule has 1 amide bonds. The number of nitrogens with zero attached hydrogens (tertiary/aromatic N) is 2. The largest absolute Gasteiger partial charge is 0.396 e. The number of aromatic nitrogens is 2. The average Bonchev–Trinajstić information content (AvgIpc) is 3.36. The highest BCUT2D eigenvalue weighted by Crippen LogP contribution is 2.44. The van der Waals surface area contributed by atoms with Gasteiger partial charge in [0.05, 0.1) is 24.1 Å². The first-order chi connectivity index (χ1) is 10.0. The van der Waals surface area contributed by atoms with Crippen molar-refractivity contribution in [1.29, 1.82) is 0 Å². The van der Waals surface area contributed by atoms with Crippen molar-refractivity contribution in [3.63, 3.8) is 0 Å². The Morgan fingerprint density at radius 3 is 2.76 bits per heavy atom.